The van der Waals surface area contributed by atoms with E-state index in [1.54, 1.807) is 0 Å². The van der Waals surface area contributed by atoms with Crippen molar-refractivity contribution in [3.8, 4) is 0 Å². The number of hydrogen-bond donors (Lipinski definition) is 1. The van der Waals surface area contributed by atoms with E-state index < -0.39 is 10.0 Å². The lowest BCUT2D eigenvalue weighted by molar-refractivity contribution is -0.0559. The van der Waals surface area contributed by atoms with Crippen LogP contribution in [0, 0.1) is 0 Å². The van der Waals surface area contributed by atoms with Crippen LogP contribution in [0.2, 0.25) is 0 Å². The van der Waals surface area contributed by atoms with Gasteiger partial charge in [0.25, 0.3) is 0 Å². The van der Waals surface area contributed by atoms with E-state index in [4.69, 9.17) is 9.88 Å². The van der Waals surface area contributed by atoms with Crippen LogP contribution in [-0.4, -0.2) is 25.9 Å². The molecule has 2 rings (SSSR count). The maximum Gasteiger partial charge on any atom is 0.211 e. The van der Waals surface area contributed by atoms with E-state index in [2.05, 4.69) is 0 Å². The van der Waals surface area contributed by atoms with Crippen molar-refractivity contribution < 1.29 is 13.2 Å². The fraction of sp³-hybridized carbons (Fsp3) is 1.00. The molecule has 5 heteroatoms. The van der Waals surface area contributed by atoms with Gasteiger partial charge in [-0.2, -0.15) is 0 Å². The van der Waals surface area contributed by atoms with Crippen molar-refractivity contribution in [2.75, 3.05) is 5.75 Å². The topological polar surface area (TPSA) is 69.4 Å². The van der Waals surface area contributed by atoms with Gasteiger partial charge in [0.1, 0.15) is 0 Å². The molecule has 1 aliphatic heterocycles. The third kappa shape index (κ3) is 2.92. The molecule has 1 heterocycles. The predicted molar refractivity (Wildman–Crippen MR) is 57.9 cm³/mol. The molecule has 0 aromatic heterocycles. The highest BCUT2D eigenvalue weighted by atomic mass is 32.2. The lowest BCUT2D eigenvalue weighted by Crippen LogP contribution is -2.34. The fourth-order valence-corrected chi connectivity index (χ4v) is 3.59. The van der Waals surface area contributed by atoms with Gasteiger partial charge in [-0.25, -0.2) is 13.6 Å². The highest BCUT2D eigenvalue weighted by Gasteiger charge is 2.41. The zero-order chi connectivity index (χ0) is 10.9. The second-order valence-electron chi connectivity index (χ2n) is 4.85. The Morgan fingerprint density at radius 2 is 1.87 bits per heavy atom. The maximum atomic E-state index is 11.0. The molecule has 2 fully saturated rings. The standard InChI is InChI=1S/C10H19NO3S/c11-15(12,13)8-9-4-7-10(14-9)5-2-1-3-6-10/h9H,1-8H2,(H2,11,12,13). The molecule has 1 atom stereocenters. The molecule has 15 heavy (non-hydrogen) atoms. The number of hydrogen-bond acceptors (Lipinski definition) is 3. The summed E-state index contributed by atoms with van der Waals surface area (Å²) in [5.41, 5.74) is -0.00634. The Hall–Kier alpha value is -0.130. The third-order valence-corrected chi connectivity index (χ3v) is 4.36. The van der Waals surface area contributed by atoms with Gasteiger partial charge in [0, 0.05) is 0 Å². The summed E-state index contributed by atoms with van der Waals surface area (Å²) in [5, 5.41) is 5.03. The molecule has 0 radical (unpaired) electrons. The lowest BCUT2D eigenvalue weighted by atomic mass is 9.83. The summed E-state index contributed by atoms with van der Waals surface area (Å²) < 4.78 is 27.8. The summed E-state index contributed by atoms with van der Waals surface area (Å²) in [6, 6.07) is 0. The van der Waals surface area contributed by atoms with Crippen LogP contribution >= 0.6 is 0 Å². The second kappa shape index (κ2) is 4.03. The molecule has 0 amide bonds. The van der Waals surface area contributed by atoms with Crippen molar-refractivity contribution in [1.29, 1.82) is 0 Å². The SMILES string of the molecule is NS(=O)(=O)CC1CCC2(CCCCC2)O1. The van der Waals surface area contributed by atoms with Crippen molar-refractivity contribution >= 4 is 10.0 Å². The molecule has 0 bridgehead atoms. The zero-order valence-corrected chi connectivity index (χ0v) is 9.76. The summed E-state index contributed by atoms with van der Waals surface area (Å²) >= 11 is 0. The van der Waals surface area contributed by atoms with Crippen molar-refractivity contribution in [2.45, 2.75) is 56.7 Å². The molecule has 1 unspecified atom stereocenters. The molecule has 2 aliphatic rings. The summed E-state index contributed by atoms with van der Waals surface area (Å²) in [7, 11) is -3.39. The molecule has 4 nitrogen and oxygen atoms in total. The first-order chi connectivity index (χ1) is 6.99. The van der Waals surface area contributed by atoms with E-state index in [0.717, 1.165) is 25.7 Å². The Morgan fingerprint density at radius 1 is 1.20 bits per heavy atom. The molecule has 1 saturated carbocycles. The minimum absolute atomic E-state index is 0.00634. The number of nitrogens with two attached hydrogens (primary N) is 1. The van der Waals surface area contributed by atoms with Crippen LogP contribution in [0.4, 0.5) is 0 Å². The second-order valence-corrected chi connectivity index (χ2v) is 6.51. The normalized spacial score (nSPS) is 30.9. The molecule has 1 saturated heterocycles. The summed E-state index contributed by atoms with van der Waals surface area (Å²) in [5.74, 6) is -0.0191. The van der Waals surface area contributed by atoms with Gasteiger partial charge < -0.3 is 4.74 Å². The van der Waals surface area contributed by atoms with Crippen LogP contribution in [0.15, 0.2) is 0 Å². The highest BCUT2D eigenvalue weighted by molar-refractivity contribution is 7.89. The van der Waals surface area contributed by atoms with Gasteiger partial charge in [0.15, 0.2) is 0 Å². The molecule has 2 N–H and O–H groups in total. The number of primary sulfonamides is 1. The minimum Gasteiger partial charge on any atom is -0.371 e. The Kier molecular flexibility index (Phi) is 3.05. The molecular formula is C10H19NO3S. The van der Waals surface area contributed by atoms with Crippen molar-refractivity contribution in [1.82, 2.24) is 0 Å². The molecule has 1 aliphatic carbocycles. The van der Waals surface area contributed by atoms with Crippen LogP contribution in [0.5, 0.6) is 0 Å². The Bertz CT molecular complexity index is 320. The van der Waals surface area contributed by atoms with Gasteiger partial charge in [-0.3, -0.25) is 0 Å². The average Bonchev–Trinajstić information content (AvgIpc) is 2.47. The van der Waals surface area contributed by atoms with Crippen molar-refractivity contribution in [3.63, 3.8) is 0 Å². The lowest BCUT2D eigenvalue weighted by Gasteiger charge is -2.33. The van der Waals surface area contributed by atoms with Crippen LogP contribution < -0.4 is 5.14 Å². The van der Waals surface area contributed by atoms with E-state index in [-0.39, 0.29) is 17.5 Å². The molecule has 88 valence electrons. The van der Waals surface area contributed by atoms with E-state index in [0.29, 0.717) is 0 Å². The monoisotopic (exact) mass is 233 g/mol. The number of rotatable bonds is 2. The highest BCUT2D eigenvalue weighted by Crippen LogP contribution is 2.41. The van der Waals surface area contributed by atoms with Gasteiger partial charge in [-0.15, -0.1) is 0 Å². The largest absolute Gasteiger partial charge is 0.371 e. The Labute approximate surface area is 91.2 Å². The van der Waals surface area contributed by atoms with Crippen molar-refractivity contribution in [2.24, 2.45) is 5.14 Å². The van der Waals surface area contributed by atoms with Gasteiger partial charge in [-0.1, -0.05) is 19.3 Å². The van der Waals surface area contributed by atoms with Gasteiger partial charge in [0.2, 0.25) is 10.0 Å². The van der Waals surface area contributed by atoms with Crippen LogP contribution in [0.1, 0.15) is 44.9 Å². The smallest absolute Gasteiger partial charge is 0.211 e. The minimum atomic E-state index is -3.39. The summed E-state index contributed by atoms with van der Waals surface area (Å²) in [6.45, 7) is 0. The zero-order valence-electron chi connectivity index (χ0n) is 8.94. The average molecular weight is 233 g/mol. The summed E-state index contributed by atoms with van der Waals surface area (Å²) in [4.78, 5) is 0. The first kappa shape index (κ1) is 11.4. The molecule has 0 aromatic rings. The van der Waals surface area contributed by atoms with Crippen LogP contribution in [-0.2, 0) is 14.8 Å². The van der Waals surface area contributed by atoms with Gasteiger partial charge in [0.05, 0.1) is 17.5 Å². The van der Waals surface area contributed by atoms with Gasteiger partial charge in [-0.05, 0) is 25.7 Å². The first-order valence-electron chi connectivity index (χ1n) is 5.67. The van der Waals surface area contributed by atoms with Crippen LogP contribution in [0.25, 0.3) is 0 Å². The number of ether oxygens (including phenoxy) is 1. The molecular weight excluding hydrogens is 214 g/mol. The Morgan fingerprint density at radius 3 is 2.47 bits per heavy atom. The van der Waals surface area contributed by atoms with Crippen LogP contribution in [0.3, 0.4) is 0 Å². The quantitative estimate of drug-likeness (QED) is 0.778. The maximum absolute atomic E-state index is 11.0. The Balaban J connectivity index is 1.93. The number of sulfonamides is 1. The molecule has 0 aromatic carbocycles. The summed E-state index contributed by atoms with van der Waals surface area (Å²) in [6.07, 6.45) is 7.57. The van der Waals surface area contributed by atoms with Gasteiger partial charge >= 0.3 is 0 Å². The van der Waals surface area contributed by atoms with E-state index in [1.165, 1.54) is 19.3 Å². The molecule has 1 spiro atoms. The van der Waals surface area contributed by atoms with E-state index >= 15 is 0 Å². The van der Waals surface area contributed by atoms with Crippen molar-refractivity contribution in [3.05, 3.63) is 0 Å². The fourth-order valence-electron chi connectivity index (χ4n) is 2.84. The predicted octanol–water partition coefficient (Wildman–Crippen LogP) is 1.16. The first-order valence-corrected chi connectivity index (χ1v) is 7.39. The van der Waals surface area contributed by atoms with E-state index in [1.807, 2.05) is 0 Å². The van der Waals surface area contributed by atoms with E-state index in [9.17, 15) is 8.42 Å². The third-order valence-electron chi connectivity index (χ3n) is 3.52.